The van der Waals surface area contributed by atoms with E-state index in [9.17, 15) is 13.2 Å². The maximum atomic E-state index is 11.7. The van der Waals surface area contributed by atoms with Crippen molar-refractivity contribution in [2.24, 2.45) is 0 Å². The SMILES string of the molecule is CCN(C)CC.CCNC(=O)c1cc(S(C)(=O)=O)ccc1OC. The quantitative estimate of drug-likeness (QED) is 0.852. The van der Waals surface area contributed by atoms with Gasteiger partial charge in [0.15, 0.2) is 9.84 Å². The van der Waals surface area contributed by atoms with Crippen LogP contribution >= 0.6 is 0 Å². The molecule has 1 aromatic rings. The second-order valence-electron chi connectivity index (χ2n) is 4.98. The van der Waals surface area contributed by atoms with Crippen LogP contribution in [0, 0.1) is 0 Å². The molecule has 0 atom stereocenters. The number of hydrogen-bond acceptors (Lipinski definition) is 5. The Labute approximate surface area is 139 Å². The molecule has 1 aromatic carbocycles. The number of rotatable bonds is 6. The molecular weight excluding hydrogens is 316 g/mol. The minimum Gasteiger partial charge on any atom is -0.496 e. The van der Waals surface area contributed by atoms with Crippen LogP contribution in [0.15, 0.2) is 23.1 Å². The normalized spacial score (nSPS) is 10.7. The first-order chi connectivity index (χ1) is 10.7. The molecule has 1 rings (SSSR count). The fourth-order valence-corrected chi connectivity index (χ4v) is 2.22. The molecule has 1 amide bonds. The van der Waals surface area contributed by atoms with Gasteiger partial charge in [-0.3, -0.25) is 4.79 Å². The predicted octanol–water partition coefficient (Wildman–Crippen LogP) is 1.81. The zero-order chi connectivity index (χ0) is 18.0. The van der Waals surface area contributed by atoms with Crippen LogP contribution in [-0.2, 0) is 9.84 Å². The minimum atomic E-state index is -3.33. The number of methoxy groups -OCH3 is 1. The molecule has 0 unspecified atom stereocenters. The zero-order valence-electron chi connectivity index (χ0n) is 14.8. The van der Waals surface area contributed by atoms with Crippen LogP contribution < -0.4 is 10.1 Å². The molecule has 0 bridgehead atoms. The van der Waals surface area contributed by atoms with Crippen LogP contribution in [0.5, 0.6) is 5.75 Å². The van der Waals surface area contributed by atoms with Crippen LogP contribution in [0.2, 0.25) is 0 Å². The lowest BCUT2D eigenvalue weighted by atomic mass is 10.2. The Morgan fingerprint density at radius 3 is 2.13 bits per heavy atom. The smallest absolute Gasteiger partial charge is 0.255 e. The predicted molar refractivity (Wildman–Crippen MR) is 93.0 cm³/mol. The summed E-state index contributed by atoms with van der Waals surface area (Å²) in [6.45, 7) is 8.88. The summed E-state index contributed by atoms with van der Waals surface area (Å²) in [5, 5.41) is 2.60. The van der Waals surface area contributed by atoms with E-state index in [1.807, 2.05) is 0 Å². The first kappa shape index (κ1) is 21.4. The van der Waals surface area contributed by atoms with Gasteiger partial charge in [0.1, 0.15) is 5.75 Å². The van der Waals surface area contributed by atoms with Crippen LogP contribution in [0.3, 0.4) is 0 Å². The highest BCUT2D eigenvalue weighted by molar-refractivity contribution is 7.90. The van der Waals surface area contributed by atoms with Gasteiger partial charge in [-0.1, -0.05) is 13.8 Å². The molecule has 0 saturated carbocycles. The number of amides is 1. The third kappa shape index (κ3) is 7.47. The summed E-state index contributed by atoms with van der Waals surface area (Å²) in [4.78, 5) is 14.1. The average Bonchev–Trinajstić information content (AvgIpc) is 2.53. The molecule has 0 aliphatic rings. The number of ether oxygens (including phenoxy) is 1. The van der Waals surface area contributed by atoms with Crippen molar-refractivity contribution in [2.45, 2.75) is 25.7 Å². The molecule has 0 aliphatic carbocycles. The summed E-state index contributed by atoms with van der Waals surface area (Å²) in [5.74, 6) is -0.00167. The van der Waals surface area contributed by atoms with Crippen LogP contribution in [0.25, 0.3) is 0 Å². The number of carbonyl (C=O) groups excluding carboxylic acids is 1. The molecule has 0 spiro atoms. The Hall–Kier alpha value is -1.60. The first-order valence-corrected chi connectivity index (χ1v) is 9.45. The van der Waals surface area contributed by atoms with E-state index in [2.05, 4.69) is 31.1 Å². The van der Waals surface area contributed by atoms with Crippen LogP contribution in [0.4, 0.5) is 0 Å². The van der Waals surface area contributed by atoms with Crippen LogP contribution in [0.1, 0.15) is 31.1 Å². The fraction of sp³-hybridized carbons (Fsp3) is 0.562. The Bertz CT molecular complexity index is 596. The number of benzene rings is 1. The van der Waals surface area contributed by atoms with Gasteiger partial charge in [-0.2, -0.15) is 0 Å². The monoisotopic (exact) mass is 344 g/mol. The summed E-state index contributed by atoms with van der Waals surface area (Å²) in [7, 11) is 0.206. The van der Waals surface area contributed by atoms with Crippen molar-refractivity contribution in [1.82, 2.24) is 10.2 Å². The van der Waals surface area contributed by atoms with Gasteiger partial charge in [0.2, 0.25) is 0 Å². The van der Waals surface area contributed by atoms with Crippen molar-refractivity contribution in [3.05, 3.63) is 23.8 Å². The van der Waals surface area contributed by atoms with Crippen molar-refractivity contribution in [3.63, 3.8) is 0 Å². The van der Waals surface area contributed by atoms with E-state index in [-0.39, 0.29) is 16.4 Å². The molecule has 0 aromatic heterocycles. The maximum absolute atomic E-state index is 11.7. The van der Waals surface area contributed by atoms with Gasteiger partial charge < -0.3 is 15.0 Å². The highest BCUT2D eigenvalue weighted by atomic mass is 32.2. The Morgan fingerprint density at radius 1 is 1.22 bits per heavy atom. The molecule has 7 heteroatoms. The second kappa shape index (κ2) is 10.2. The van der Waals surface area contributed by atoms with E-state index in [1.165, 1.54) is 25.3 Å². The fourth-order valence-electron chi connectivity index (χ4n) is 1.57. The van der Waals surface area contributed by atoms with E-state index in [4.69, 9.17) is 4.74 Å². The molecule has 0 aliphatic heterocycles. The highest BCUT2D eigenvalue weighted by Crippen LogP contribution is 2.22. The Morgan fingerprint density at radius 2 is 1.78 bits per heavy atom. The largest absolute Gasteiger partial charge is 0.496 e. The van der Waals surface area contributed by atoms with E-state index in [0.29, 0.717) is 12.3 Å². The van der Waals surface area contributed by atoms with Crippen LogP contribution in [-0.4, -0.2) is 59.3 Å². The number of nitrogens with zero attached hydrogens (tertiary/aromatic N) is 1. The molecule has 1 N–H and O–H groups in total. The molecule has 0 saturated heterocycles. The summed E-state index contributed by atoms with van der Waals surface area (Å²) in [6, 6.07) is 4.21. The second-order valence-corrected chi connectivity index (χ2v) is 7.00. The van der Waals surface area contributed by atoms with E-state index in [1.54, 1.807) is 6.92 Å². The third-order valence-electron chi connectivity index (χ3n) is 3.26. The van der Waals surface area contributed by atoms with Gasteiger partial charge in [0, 0.05) is 12.8 Å². The Balaban J connectivity index is 0.000000688. The number of hydrogen-bond donors (Lipinski definition) is 1. The van der Waals surface area contributed by atoms with Crippen molar-refractivity contribution in [2.75, 3.05) is 40.0 Å². The van der Waals surface area contributed by atoms with Gasteiger partial charge in [0.25, 0.3) is 5.91 Å². The van der Waals surface area contributed by atoms with E-state index in [0.717, 1.165) is 19.3 Å². The van der Waals surface area contributed by atoms with Gasteiger partial charge in [-0.15, -0.1) is 0 Å². The van der Waals surface area contributed by atoms with Gasteiger partial charge in [-0.05, 0) is 45.3 Å². The lowest BCUT2D eigenvalue weighted by Crippen LogP contribution is -2.23. The lowest BCUT2D eigenvalue weighted by molar-refractivity contribution is 0.0952. The standard InChI is InChI=1S/C11H15NO4S.C5H13N/c1-4-12-11(13)9-7-8(17(3,14)15)5-6-10(9)16-2;1-4-6(3)5-2/h5-7H,4H2,1-3H3,(H,12,13);4-5H2,1-3H3. The van der Waals surface area contributed by atoms with E-state index >= 15 is 0 Å². The molecule has 23 heavy (non-hydrogen) atoms. The van der Waals surface area contributed by atoms with Gasteiger partial charge in [-0.25, -0.2) is 8.42 Å². The van der Waals surface area contributed by atoms with Crippen molar-refractivity contribution < 1.29 is 17.9 Å². The first-order valence-electron chi connectivity index (χ1n) is 7.55. The maximum Gasteiger partial charge on any atom is 0.255 e. The van der Waals surface area contributed by atoms with Gasteiger partial charge >= 0.3 is 0 Å². The van der Waals surface area contributed by atoms with Crippen molar-refractivity contribution >= 4 is 15.7 Å². The summed E-state index contributed by atoms with van der Waals surface area (Å²) >= 11 is 0. The summed E-state index contributed by atoms with van der Waals surface area (Å²) in [6.07, 6.45) is 1.09. The van der Waals surface area contributed by atoms with E-state index < -0.39 is 9.84 Å². The number of nitrogens with one attached hydrogen (secondary N) is 1. The number of sulfone groups is 1. The zero-order valence-corrected chi connectivity index (χ0v) is 15.7. The third-order valence-corrected chi connectivity index (χ3v) is 4.37. The molecule has 6 nitrogen and oxygen atoms in total. The topological polar surface area (TPSA) is 75.7 Å². The lowest BCUT2D eigenvalue weighted by Gasteiger charge is -2.09. The Kier molecular flexibility index (Phi) is 9.52. The molecule has 0 fully saturated rings. The molecule has 0 heterocycles. The molecule has 0 radical (unpaired) electrons. The number of carbonyl (C=O) groups is 1. The van der Waals surface area contributed by atoms with Crippen molar-refractivity contribution in [3.8, 4) is 5.75 Å². The summed E-state index contributed by atoms with van der Waals surface area (Å²) in [5.41, 5.74) is 0.220. The van der Waals surface area contributed by atoms with Gasteiger partial charge in [0.05, 0.1) is 17.6 Å². The summed E-state index contributed by atoms with van der Waals surface area (Å²) < 4.78 is 27.8. The molecular formula is C16H28N2O4S. The van der Waals surface area contributed by atoms with Crippen molar-refractivity contribution in [1.29, 1.82) is 0 Å². The average molecular weight is 344 g/mol. The minimum absolute atomic E-state index is 0.0968. The highest BCUT2D eigenvalue weighted by Gasteiger charge is 2.16. The molecule has 132 valence electrons.